The number of carbonyl (C=O) groups is 1. The monoisotopic (exact) mass is 254 g/mol. The van der Waals surface area contributed by atoms with Crippen molar-refractivity contribution in [3.63, 3.8) is 0 Å². The SMILES string of the molecule is O=C(CSC1CCCC1)c1cccc(Cl)c1. The molecule has 16 heavy (non-hydrogen) atoms. The number of rotatable bonds is 4. The Morgan fingerprint density at radius 3 is 2.81 bits per heavy atom. The number of hydrogen-bond donors (Lipinski definition) is 0. The van der Waals surface area contributed by atoms with Crippen molar-refractivity contribution >= 4 is 29.1 Å². The summed E-state index contributed by atoms with van der Waals surface area (Å²) in [6.07, 6.45) is 5.19. The van der Waals surface area contributed by atoms with E-state index in [0.717, 1.165) is 5.56 Å². The summed E-state index contributed by atoms with van der Waals surface area (Å²) in [5.41, 5.74) is 0.734. The molecular formula is C13H15ClOS. The third-order valence-corrected chi connectivity index (χ3v) is 4.51. The average molecular weight is 255 g/mol. The molecule has 0 bridgehead atoms. The van der Waals surface area contributed by atoms with Gasteiger partial charge in [0.15, 0.2) is 5.78 Å². The summed E-state index contributed by atoms with van der Waals surface area (Å²) >= 11 is 7.66. The second-order valence-corrected chi connectivity index (χ2v) is 5.88. The minimum absolute atomic E-state index is 0.194. The van der Waals surface area contributed by atoms with Crippen LogP contribution in [0.1, 0.15) is 36.0 Å². The minimum Gasteiger partial charge on any atom is -0.293 e. The normalized spacial score (nSPS) is 16.6. The van der Waals surface area contributed by atoms with Gasteiger partial charge in [0.25, 0.3) is 0 Å². The third kappa shape index (κ3) is 3.26. The summed E-state index contributed by atoms with van der Waals surface area (Å²) in [4.78, 5) is 11.9. The molecule has 1 aliphatic carbocycles. The van der Waals surface area contributed by atoms with Crippen LogP contribution >= 0.6 is 23.4 Å². The highest BCUT2D eigenvalue weighted by molar-refractivity contribution is 8.00. The first-order valence-corrected chi connectivity index (χ1v) is 7.09. The average Bonchev–Trinajstić information content (AvgIpc) is 2.78. The van der Waals surface area contributed by atoms with E-state index < -0.39 is 0 Å². The van der Waals surface area contributed by atoms with Gasteiger partial charge in [-0.1, -0.05) is 36.6 Å². The van der Waals surface area contributed by atoms with Crippen LogP contribution in [0, 0.1) is 0 Å². The van der Waals surface area contributed by atoms with E-state index in [1.165, 1.54) is 25.7 Å². The van der Waals surface area contributed by atoms with Gasteiger partial charge in [0.05, 0.1) is 5.75 Å². The third-order valence-electron chi connectivity index (χ3n) is 2.90. The molecule has 0 atom stereocenters. The van der Waals surface area contributed by atoms with Crippen molar-refractivity contribution in [3.05, 3.63) is 34.9 Å². The minimum atomic E-state index is 0.194. The summed E-state index contributed by atoms with van der Waals surface area (Å²) < 4.78 is 0. The van der Waals surface area contributed by atoms with Crippen molar-refractivity contribution in [3.8, 4) is 0 Å². The molecule has 0 N–H and O–H groups in total. The second kappa shape index (κ2) is 5.74. The summed E-state index contributed by atoms with van der Waals surface area (Å²) in [5.74, 6) is 0.782. The number of thioether (sulfide) groups is 1. The fourth-order valence-electron chi connectivity index (χ4n) is 1.99. The van der Waals surface area contributed by atoms with E-state index in [2.05, 4.69) is 0 Å². The second-order valence-electron chi connectivity index (χ2n) is 4.15. The van der Waals surface area contributed by atoms with Gasteiger partial charge in [0, 0.05) is 15.8 Å². The van der Waals surface area contributed by atoms with Crippen LogP contribution in [0.4, 0.5) is 0 Å². The molecule has 2 rings (SSSR count). The van der Waals surface area contributed by atoms with Gasteiger partial charge in [-0.3, -0.25) is 4.79 Å². The molecule has 1 fully saturated rings. The van der Waals surface area contributed by atoms with E-state index in [9.17, 15) is 4.79 Å². The Bertz CT molecular complexity index is 372. The molecule has 1 nitrogen and oxygen atoms in total. The van der Waals surface area contributed by atoms with Crippen molar-refractivity contribution < 1.29 is 4.79 Å². The fraction of sp³-hybridized carbons (Fsp3) is 0.462. The van der Waals surface area contributed by atoms with Crippen molar-refractivity contribution in [2.75, 3.05) is 5.75 Å². The zero-order valence-electron chi connectivity index (χ0n) is 9.12. The molecule has 86 valence electrons. The van der Waals surface area contributed by atoms with E-state index in [0.29, 0.717) is 16.0 Å². The highest BCUT2D eigenvalue weighted by Crippen LogP contribution is 2.29. The van der Waals surface area contributed by atoms with E-state index >= 15 is 0 Å². The van der Waals surface area contributed by atoms with Gasteiger partial charge in [0.1, 0.15) is 0 Å². The molecule has 0 amide bonds. The first-order valence-electron chi connectivity index (χ1n) is 5.66. The van der Waals surface area contributed by atoms with Crippen molar-refractivity contribution in [1.82, 2.24) is 0 Å². The van der Waals surface area contributed by atoms with Crippen LogP contribution in [0.15, 0.2) is 24.3 Å². The lowest BCUT2D eigenvalue weighted by Gasteiger charge is -2.07. The smallest absolute Gasteiger partial charge is 0.172 e. The Balaban J connectivity index is 1.87. The summed E-state index contributed by atoms with van der Waals surface area (Å²) in [6, 6.07) is 7.21. The molecule has 1 aliphatic rings. The van der Waals surface area contributed by atoms with Crippen LogP contribution in [0.2, 0.25) is 5.02 Å². The van der Waals surface area contributed by atoms with Gasteiger partial charge in [-0.25, -0.2) is 0 Å². The molecule has 0 aromatic heterocycles. The molecule has 3 heteroatoms. The van der Waals surface area contributed by atoms with E-state index in [-0.39, 0.29) is 5.78 Å². The maximum Gasteiger partial charge on any atom is 0.172 e. The van der Waals surface area contributed by atoms with Crippen LogP contribution < -0.4 is 0 Å². The number of carbonyl (C=O) groups excluding carboxylic acids is 1. The van der Waals surface area contributed by atoms with E-state index in [1.54, 1.807) is 23.9 Å². The van der Waals surface area contributed by atoms with Crippen molar-refractivity contribution in [2.24, 2.45) is 0 Å². The molecule has 0 aliphatic heterocycles. The molecule has 0 heterocycles. The van der Waals surface area contributed by atoms with Crippen LogP contribution in [0.3, 0.4) is 0 Å². The Morgan fingerprint density at radius 1 is 1.38 bits per heavy atom. The van der Waals surface area contributed by atoms with Crippen molar-refractivity contribution in [1.29, 1.82) is 0 Å². The Labute approximate surface area is 106 Å². The predicted molar refractivity (Wildman–Crippen MR) is 70.5 cm³/mol. The van der Waals surface area contributed by atoms with Gasteiger partial charge in [-0.2, -0.15) is 11.8 Å². The lowest BCUT2D eigenvalue weighted by atomic mass is 10.1. The topological polar surface area (TPSA) is 17.1 Å². The van der Waals surface area contributed by atoms with Crippen LogP contribution in [-0.2, 0) is 0 Å². The summed E-state index contributed by atoms with van der Waals surface area (Å²) in [5, 5.41) is 1.33. The molecule has 0 saturated heterocycles. The highest BCUT2D eigenvalue weighted by Gasteiger charge is 2.17. The first kappa shape index (κ1) is 12.0. The van der Waals surface area contributed by atoms with Gasteiger partial charge >= 0.3 is 0 Å². The molecular weight excluding hydrogens is 240 g/mol. The van der Waals surface area contributed by atoms with E-state index in [4.69, 9.17) is 11.6 Å². The lowest BCUT2D eigenvalue weighted by molar-refractivity contribution is 0.102. The van der Waals surface area contributed by atoms with Crippen molar-refractivity contribution in [2.45, 2.75) is 30.9 Å². The molecule has 1 aromatic carbocycles. The Morgan fingerprint density at radius 2 is 2.12 bits per heavy atom. The molecule has 0 spiro atoms. The standard InChI is InChI=1S/C13H15ClOS/c14-11-5-3-4-10(8-11)13(15)9-16-12-6-1-2-7-12/h3-5,8,12H,1-2,6-7,9H2. The fourth-order valence-corrected chi connectivity index (χ4v) is 3.40. The number of ketones is 1. The lowest BCUT2D eigenvalue weighted by Crippen LogP contribution is -2.06. The van der Waals surface area contributed by atoms with Crippen LogP contribution in [-0.4, -0.2) is 16.8 Å². The Kier molecular flexibility index (Phi) is 4.30. The summed E-state index contributed by atoms with van der Waals surface area (Å²) in [7, 11) is 0. The molecule has 1 aromatic rings. The maximum absolute atomic E-state index is 11.9. The number of hydrogen-bond acceptors (Lipinski definition) is 2. The number of Topliss-reactive ketones (excluding diaryl/α,β-unsaturated/α-hetero) is 1. The van der Waals surface area contributed by atoms with Gasteiger partial charge in [-0.05, 0) is 25.0 Å². The van der Waals surface area contributed by atoms with Crippen LogP contribution in [0.5, 0.6) is 0 Å². The molecule has 1 saturated carbocycles. The van der Waals surface area contributed by atoms with Gasteiger partial charge in [-0.15, -0.1) is 0 Å². The quantitative estimate of drug-likeness (QED) is 0.749. The predicted octanol–water partition coefficient (Wildman–Crippen LogP) is 4.20. The van der Waals surface area contributed by atoms with Gasteiger partial charge in [0.2, 0.25) is 0 Å². The Hall–Kier alpha value is -0.470. The zero-order valence-corrected chi connectivity index (χ0v) is 10.7. The highest BCUT2D eigenvalue weighted by atomic mass is 35.5. The van der Waals surface area contributed by atoms with E-state index in [1.807, 2.05) is 12.1 Å². The van der Waals surface area contributed by atoms with Gasteiger partial charge < -0.3 is 0 Å². The number of halogens is 1. The number of benzene rings is 1. The zero-order chi connectivity index (χ0) is 11.4. The van der Waals surface area contributed by atoms with Crippen LogP contribution in [0.25, 0.3) is 0 Å². The molecule has 0 radical (unpaired) electrons. The largest absolute Gasteiger partial charge is 0.293 e. The maximum atomic E-state index is 11.9. The molecule has 0 unspecified atom stereocenters. The first-order chi connectivity index (χ1) is 7.75. The summed E-state index contributed by atoms with van der Waals surface area (Å²) in [6.45, 7) is 0.